The molecule has 0 unspecified atom stereocenters. The van der Waals surface area contributed by atoms with E-state index in [0.29, 0.717) is 23.9 Å². The first kappa shape index (κ1) is 19.3. The van der Waals surface area contributed by atoms with Gasteiger partial charge in [-0.15, -0.1) is 0 Å². The number of nitrogens with zero attached hydrogens (tertiary/aromatic N) is 5. The van der Waals surface area contributed by atoms with Crippen molar-refractivity contribution in [3.05, 3.63) is 70.8 Å². The summed E-state index contributed by atoms with van der Waals surface area (Å²) in [5.74, 6) is -0.108. The summed E-state index contributed by atoms with van der Waals surface area (Å²) in [5, 5.41) is 5.12. The topological polar surface area (TPSA) is 63.9 Å². The fourth-order valence-corrected chi connectivity index (χ4v) is 4.32. The minimum atomic E-state index is -0.108. The first-order valence-electron chi connectivity index (χ1n) is 9.59. The van der Waals surface area contributed by atoms with Gasteiger partial charge in [-0.05, 0) is 68.7 Å². The molecule has 0 aliphatic heterocycles. The SMILES string of the molecule is CCn1nc(C)cc1C(=O)N(Cc1cccnc1)c1nc2cc(C)c(C)cc2s1. The first-order valence-corrected chi connectivity index (χ1v) is 10.4. The second kappa shape index (κ2) is 7.75. The van der Waals surface area contributed by atoms with E-state index in [4.69, 9.17) is 4.98 Å². The molecule has 1 aromatic carbocycles. The molecule has 0 bridgehead atoms. The molecule has 0 aliphatic carbocycles. The molecule has 0 aliphatic rings. The van der Waals surface area contributed by atoms with Crippen LogP contribution in [0.1, 0.15) is 39.8 Å². The molecule has 0 N–H and O–H groups in total. The van der Waals surface area contributed by atoms with Crippen molar-refractivity contribution in [1.82, 2.24) is 19.7 Å². The fraction of sp³-hybridized carbons (Fsp3) is 0.273. The van der Waals surface area contributed by atoms with Gasteiger partial charge in [0.1, 0.15) is 5.69 Å². The van der Waals surface area contributed by atoms with Crippen molar-refractivity contribution in [3.63, 3.8) is 0 Å². The Morgan fingerprint density at radius 1 is 1.17 bits per heavy atom. The number of carbonyl (C=O) groups excluding carboxylic acids is 1. The van der Waals surface area contributed by atoms with Crippen molar-refractivity contribution in [3.8, 4) is 0 Å². The number of amides is 1. The normalized spacial score (nSPS) is 11.2. The van der Waals surface area contributed by atoms with Gasteiger partial charge in [0.05, 0.1) is 22.5 Å². The predicted molar refractivity (Wildman–Crippen MR) is 116 cm³/mol. The van der Waals surface area contributed by atoms with Crippen LogP contribution < -0.4 is 4.90 Å². The number of fused-ring (bicyclic) bond motifs is 1. The molecule has 29 heavy (non-hydrogen) atoms. The second-order valence-electron chi connectivity index (χ2n) is 7.14. The first-order chi connectivity index (χ1) is 14.0. The Labute approximate surface area is 173 Å². The maximum absolute atomic E-state index is 13.6. The number of thiazole rings is 1. The second-order valence-corrected chi connectivity index (χ2v) is 8.15. The average Bonchev–Trinajstić information content (AvgIpc) is 3.29. The van der Waals surface area contributed by atoms with Gasteiger partial charge in [-0.1, -0.05) is 17.4 Å². The number of rotatable bonds is 5. The zero-order chi connectivity index (χ0) is 20.5. The number of carbonyl (C=O) groups is 1. The molecule has 1 amide bonds. The van der Waals surface area contributed by atoms with Gasteiger partial charge in [0.25, 0.3) is 5.91 Å². The quantitative estimate of drug-likeness (QED) is 0.484. The Balaban J connectivity index is 1.81. The van der Waals surface area contributed by atoms with Gasteiger partial charge in [-0.25, -0.2) is 4.98 Å². The monoisotopic (exact) mass is 405 g/mol. The molecule has 3 heterocycles. The van der Waals surface area contributed by atoms with Gasteiger partial charge in [0.2, 0.25) is 0 Å². The standard InChI is InChI=1S/C22H23N5OS/c1-5-27-19(11-16(4)25-27)21(28)26(13-17-7-6-8-23-12-17)22-24-18-9-14(2)15(3)10-20(18)29-22/h6-12H,5,13H2,1-4H3. The number of pyridine rings is 1. The van der Waals surface area contributed by atoms with Crippen LogP contribution in [-0.2, 0) is 13.1 Å². The van der Waals surface area contributed by atoms with Crippen LogP contribution in [0.2, 0.25) is 0 Å². The highest BCUT2D eigenvalue weighted by atomic mass is 32.1. The smallest absolute Gasteiger partial charge is 0.278 e. The van der Waals surface area contributed by atoms with Gasteiger partial charge in [0.15, 0.2) is 5.13 Å². The lowest BCUT2D eigenvalue weighted by Gasteiger charge is -2.20. The average molecular weight is 406 g/mol. The van der Waals surface area contributed by atoms with Crippen LogP contribution in [0.3, 0.4) is 0 Å². The van der Waals surface area contributed by atoms with Crippen LogP contribution in [0, 0.1) is 20.8 Å². The molecule has 0 spiro atoms. The Hall–Kier alpha value is -3.06. The van der Waals surface area contributed by atoms with Gasteiger partial charge < -0.3 is 0 Å². The molecule has 6 nitrogen and oxygen atoms in total. The minimum Gasteiger partial charge on any atom is -0.278 e. The number of hydrogen-bond acceptors (Lipinski definition) is 5. The van der Waals surface area contributed by atoms with Crippen molar-refractivity contribution < 1.29 is 4.79 Å². The van der Waals surface area contributed by atoms with E-state index in [-0.39, 0.29) is 5.91 Å². The maximum atomic E-state index is 13.6. The molecule has 4 rings (SSSR count). The summed E-state index contributed by atoms with van der Waals surface area (Å²) in [6, 6.07) is 9.90. The molecule has 3 aromatic heterocycles. The van der Waals surface area contributed by atoms with E-state index in [9.17, 15) is 4.79 Å². The molecule has 148 valence electrons. The number of hydrogen-bond donors (Lipinski definition) is 0. The van der Waals surface area contributed by atoms with Crippen LogP contribution in [0.25, 0.3) is 10.2 Å². The van der Waals surface area contributed by atoms with Crippen molar-refractivity contribution in [2.24, 2.45) is 0 Å². The van der Waals surface area contributed by atoms with Crippen molar-refractivity contribution >= 4 is 32.6 Å². The van der Waals surface area contributed by atoms with E-state index >= 15 is 0 Å². The molecular formula is C22H23N5OS. The summed E-state index contributed by atoms with van der Waals surface area (Å²) >= 11 is 1.53. The van der Waals surface area contributed by atoms with E-state index in [0.717, 1.165) is 21.5 Å². The zero-order valence-electron chi connectivity index (χ0n) is 17.0. The van der Waals surface area contributed by atoms with Gasteiger partial charge in [-0.2, -0.15) is 5.10 Å². The molecule has 7 heteroatoms. The Morgan fingerprint density at radius 2 is 1.97 bits per heavy atom. The summed E-state index contributed by atoms with van der Waals surface area (Å²) in [6.45, 7) is 9.09. The molecule has 0 fully saturated rings. The van der Waals surface area contributed by atoms with Crippen molar-refractivity contribution in [2.75, 3.05) is 4.90 Å². The minimum absolute atomic E-state index is 0.108. The van der Waals surface area contributed by atoms with E-state index in [1.807, 2.05) is 32.0 Å². The lowest BCUT2D eigenvalue weighted by Crippen LogP contribution is -2.32. The van der Waals surface area contributed by atoms with E-state index < -0.39 is 0 Å². The Morgan fingerprint density at radius 3 is 2.69 bits per heavy atom. The molecular weight excluding hydrogens is 382 g/mol. The molecule has 0 atom stereocenters. The lowest BCUT2D eigenvalue weighted by molar-refractivity contribution is 0.0975. The van der Waals surface area contributed by atoms with Crippen LogP contribution in [0.15, 0.2) is 42.7 Å². The summed E-state index contributed by atoms with van der Waals surface area (Å²) in [4.78, 5) is 24.3. The third-order valence-electron chi connectivity index (χ3n) is 4.95. The number of benzene rings is 1. The van der Waals surface area contributed by atoms with E-state index in [1.165, 1.54) is 22.5 Å². The maximum Gasteiger partial charge on any atom is 0.278 e. The lowest BCUT2D eigenvalue weighted by atomic mass is 10.1. The summed E-state index contributed by atoms with van der Waals surface area (Å²) in [6.07, 6.45) is 3.51. The predicted octanol–water partition coefficient (Wildman–Crippen LogP) is 4.68. The third-order valence-corrected chi connectivity index (χ3v) is 5.99. The zero-order valence-corrected chi connectivity index (χ0v) is 17.8. The van der Waals surface area contributed by atoms with E-state index in [2.05, 4.69) is 36.1 Å². The largest absolute Gasteiger partial charge is 0.278 e. The highest BCUT2D eigenvalue weighted by molar-refractivity contribution is 7.22. The number of anilines is 1. The van der Waals surface area contributed by atoms with Crippen LogP contribution in [0.4, 0.5) is 5.13 Å². The molecule has 0 saturated carbocycles. The fourth-order valence-electron chi connectivity index (χ4n) is 3.28. The summed E-state index contributed by atoms with van der Waals surface area (Å²) in [7, 11) is 0. The van der Waals surface area contributed by atoms with Crippen molar-refractivity contribution in [2.45, 2.75) is 40.8 Å². The van der Waals surface area contributed by atoms with Gasteiger partial charge in [-0.3, -0.25) is 19.4 Å². The highest BCUT2D eigenvalue weighted by Crippen LogP contribution is 2.32. The Bertz CT molecular complexity index is 1140. The highest BCUT2D eigenvalue weighted by Gasteiger charge is 2.25. The summed E-state index contributed by atoms with van der Waals surface area (Å²) < 4.78 is 2.82. The van der Waals surface area contributed by atoms with Crippen LogP contribution >= 0.6 is 11.3 Å². The Kier molecular flexibility index (Phi) is 5.15. The number of aromatic nitrogens is 4. The van der Waals surface area contributed by atoms with Crippen molar-refractivity contribution in [1.29, 1.82) is 0 Å². The van der Waals surface area contributed by atoms with Gasteiger partial charge in [0, 0.05) is 18.9 Å². The molecule has 0 radical (unpaired) electrons. The number of aryl methyl sites for hydroxylation is 4. The van der Waals surface area contributed by atoms with Crippen LogP contribution in [-0.4, -0.2) is 25.7 Å². The van der Waals surface area contributed by atoms with E-state index in [1.54, 1.807) is 22.0 Å². The molecule has 0 saturated heterocycles. The third kappa shape index (κ3) is 3.78. The molecule has 4 aromatic rings. The van der Waals surface area contributed by atoms with Gasteiger partial charge >= 0.3 is 0 Å². The van der Waals surface area contributed by atoms with Crippen LogP contribution in [0.5, 0.6) is 0 Å². The summed E-state index contributed by atoms with van der Waals surface area (Å²) in [5.41, 5.74) is 5.67.